The number of nitrogens with one attached hydrogen (secondary N) is 3. The van der Waals surface area contributed by atoms with Gasteiger partial charge in [0.05, 0.1) is 11.1 Å². The summed E-state index contributed by atoms with van der Waals surface area (Å²) in [6, 6.07) is 4.83. The van der Waals surface area contributed by atoms with E-state index >= 15 is 0 Å². The van der Waals surface area contributed by atoms with E-state index in [-0.39, 0.29) is 18.7 Å². The highest BCUT2D eigenvalue weighted by Crippen LogP contribution is 2.49. The Kier molecular flexibility index (Phi) is 3.50. The fraction of sp³-hybridized carbons (Fsp3) is 0.474. The lowest BCUT2D eigenvalue weighted by Crippen LogP contribution is -2.54. The average Bonchev–Trinajstić information content (AvgIpc) is 3.31. The fourth-order valence-corrected chi connectivity index (χ4v) is 4.34. The van der Waals surface area contributed by atoms with Crippen LogP contribution in [0.4, 0.5) is 0 Å². The number of carbonyl (C=O) groups is 4. The maximum Gasteiger partial charge on any atom is 0.262 e. The van der Waals surface area contributed by atoms with Crippen molar-refractivity contribution < 1.29 is 19.2 Å². The third kappa shape index (κ3) is 2.51. The van der Waals surface area contributed by atoms with Gasteiger partial charge in [-0.15, -0.1) is 0 Å². The highest BCUT2D eigenvalue weighted by Gasteiger charge is 2.57. The number of fused-ring (bicyclic) bond motifs is 1. The van der Waals surface area contributed by atoms with Crippen LogP contribution in [0.3, 0.4) is 0 Å². The maximum absolute atomic E-state index is 12.8. The van der Waals surface area contributed by atoms with Gasteiger partial charge in [-0.2, -0.15) is 0 Å². The van der Waals surface area contributed by atoms with E-state index in [0.717, 1.165) is 23.6 Å². The summed E-state index contributed by atoms with van der Waals surface area (Å²) in [6.45, 7) is 2.76. The number of carbonyl (C=O) groups excluding carboxylic acids is 4. The number of hydrogen-bond donors (Lipinski definition) is 3. The van der Waals surface area contributed by atoms with Crippen LogP contribution >= 0.6 is 0 Å². The first kappa shape index (κ1) is 16.6. The summed E-state index contributed by atoms with van der Waals surface area (Å²) >= 11 is 0. The standard InChI is InChI=1S/C19H20N4O4/c24-15-4-3-13(16(25)22-15)23-17(26)11-2-1-10(5-12(11)18(23)27)7-21-14-6-19(14)8-20-9-19/h1-2,5,13-14,20-21H,3-4,6-9H2,(H,22,24,25). The van der Waals surface area contributed by atoms with Gasteiger partial charge < -0.3 is 10.6 Å². The van der Waals surface area contributed by atoms with Gasteiger partial charge >= 0.3 is 0 Å². The van der Waals surface area contributed by atoms with Crippen LogP contribution in [0.1, 0.15) is 45.5 Å². The van der Waals surface area contributed by atoms with Crippen LogP contribution in [-0.4, -0.2) is 53.7 Å². The molecule has 0 aromatic heterocycles. The fourth-order valence-electron chi connectivity index (χ4n) is 4.34. The quantitative estimate of drug-likeness (QED) is 0.621. The number of nitrogens with zero attached hydrogens (tertiary/aromatic N) is 1. The Labute approximate surface area is 155 Å². The predicted octanol–water partition coefficient (Wildman–Crippen LogP) is -0.461. The molecule has 1 aliphatic carbocycles. The van der Waals surface area contributed by atoms with Crippen molar-refractivity contribution in [2.24, 2.45) is 5.41 Å². The first-order valence-electron chi connectivity index (χ1n) is 9.27. The van der Waals surface area contributed by atoms with Crippen molar-refractivity contribution in [2.45, 2.75) is 37.9 Å². The van der Waals surface area contributed by atoms with Crippen LogP contribution in [0, 0.1) is 5.41 Å². The van der Waals surface area contributed by atoms with Crippen molar-refractivity contribution in [2.75, 3.05) is 13.1 Å². The molecule has 8 heteroatoms. The van der Waals surface area contributed by atoms with Crippen LogP contribution in [0.2, 0.25) is 0 Å². The van der Waals surface area contributed by atoms with E-state index in [2.05, 4.69) is 16.0 Å². The van der Waals surface area contributed by atoms with E-state index in [1.54, 1.807) is 12.1 Å². The van der Waals surface area contributed by atoms with Gasteiger partial charge in [0.2, 0.25) is 11.8 Å². The molecule has 1 aromatic rings. The van der Waals surface area contributed by atoms with Crippen molar-refractivity contribution in [3.63, 3.8) is 0 Å². The molecule has 3 fully saturated rings. The molecule has 1 aromatic carbocycles. The minimum atomic E-state index is -0.922. The van der Waals surface area contributed by atoms with Crippen LogP contribution in [0.15, 0.2) is 18.2 Å². The molecule has 4 amide bonds. The summed E-state index contributed by atoms with van der Waals surface area (Å²) in [5, 5.41) is 9.02. The van der Waals surface area contributed by atoms with E-state index in [4.69, 9.17) is 0 Å². The normalized spacial score (nSPS) is 28.2. The zero-order valence-electron chi connectivity index (χ0n) is 14.7. The molecule has 3 heterocycles. The molecule has 3 N–H and O–H groups in total. The molecule has 1 saturated carbocycles. The van der Waals surface area contributed by atoms with Crippen LogP contribution in [0.25, 0.3) is 0 Å². The molecule has 5 rings (SSSR count). The Bertz CT molecular complexity index is 892. The largest absolute Gasteiger partial charge is 0.315 e. The van der Waals surface area contributed by atoms with Gasteiger partial charge in [0.1, 0.15) is 6.04 Å². The Hall–Kier alpha value is -2.58. The lowest BCUT2D eigenvalue weighted by Gasteiger charge is -2.28. The number of amides is 4. The number of piperidine rings is 1. The minimum Gasteiger partial charge on any atom is -0.315 e. The minimum absolute atomic E-state index is 0.122. The molecular weight excluding hydrogens is 348 g/mol. The van der Waals surface area contributed by atoms with Crippen molar-refractivity contribution in [1.29, 1.82) is 0 Å². The van der Waals surface area contributed by atoms with Crippen molar-refractivity contribution in [1.82, 2.24) is 20.9 Å². The SMILES string of the molecule is O=C1CCC(N2C(=O)c3ccc(CNC4CC45CNC5)cc3C2=O)C(=O)N1. The molecule has 0 radical (unpaired) electrons. The number of rotatable bonds is 4. The summed E-state index contributed by atoms with van der Waals surface area (Å²) < 4.78 is 0. The summed E-state index contributed by atoms with van der Waals surface area (Å²) in [5.41, 5.74) is 2.01. The Morgan fingerprint density at radius 3 is 2.56 bits per heavy atom. The highest BCUT2D eigenvalue weighted by molar-refractivity contribution is 6.23. The van der Waals surface area contributed by atoms with E-state index < -0.39 is 23.8 Å². The van der Waals surface area contributed by atoms with Crippen LogP contribution in [-0.2, 0) is 16.1 Å². The molecule has 2 atom stereocenters. The van der Waals surface area contributed by atoms with E-state index in [0.29, 0.717) is 29.1 Å². The molecule has 4 aliphatic rings. The molecule has 2 saturated heterocycles. The van der Waals surface area contributed by atoms with Gasteiger partial charge in [0, 0.05) is 37.5 Å². The summed E-state index contributed by atoms with van der Waals surface area (Å²) in [4.78, 5) is 49.9. The topological polar surface area (TPSA) is 108 Å². The van der Waals surface area contributed by atoms with Crippen molar-refractivity contribution >= 4 is 23.6 Å². The van der Waals surface area contributed by atoms with Gasteiger partial charge in [-0.3, -0.25) is 29.4 Å². The number of imide groups is 2. The zero-order chi connectivity index (χ0) is 18.8. The van der Waals surface area contributed by atoms with Gasteiger partial charge in [0.25, 0.3) is 11.8 Å². The van der Waals surface area contributed by atoms with E-state index in [1.807, 2.05) is 6.07 Å². The van der Waals surface area contributed by atoms with Crippen LogP contribution in [0.5, 0.6) is 0 Å². The van der Waals surface area contributed by atoms with E-state index in [1.165, 1.54) is 6.42 Å². The molecule has 2 unspecified atom stereocenters. The highest BCUT2D eigenvalue weighted by atomic mass is 16.2. The van der Waals surface area contributed by atoms with Gasteiger partial charge in [-0.05, 0) is 30.5 Å². The third-order valence-corrected chi connectivity index (χ3v) is 6.20. The average molecular weight is 368 g/mol. The lowest BCUT2D eigenvalue weighted by molar-refractivity contribution is -0.136. The number of hydrogen-bond acceptors (Lipinski definition) is 6. The van der Waals surface area contributed by atoms with Gasteiger partial charge in [-0.25, -0.2) is 0 Å². The number of benzene rings is 1. The second kappa shape index (κ2) is 5.71. The summed E-state index contributed by atoms with van der Waals surface area (Å²) in [7, 11) is 0. The Balaban J connectivity index is 1.32. The second-order valence-electron chi connectivity index (χ2n) is 7.93. The Morgan fingerprint density at radius 2 is 1.89 bits per heavy atom. The molecule has 3 aliphatic heterocycles. The van der Waals surface area contributed by atoms with Gasteiger partial charge in [0.15, 0.2) is 0 Å². The lowest BCUT2D eigenvalue weighted by atomic mass is 9.99. The molecule has 27 heavy (non-hydrogen) atoms. The smallest absolute Gasteiger partial charge is 0.262 e. The van der Waals surface area contributed by atoms with Gasteiger partial charge in [-0.1, -0.05) is 6.07 Å². The molecule has 140 valence electrons. The monoisotopic (exact) mass is 368 g/mol. The molecule has 0 bridgehead atoms. The third-order valence-electron chi connectivity index (χ3n) is 6.20. The van der Waals surface area contributed by atoms with Crippen LogP contribution < -0.4 is 16.0 Å². The Morgan fingerprint density at radius 1 is 1.11 bits per heavy atom. The second-order valence-corrected chi connectivity index (χ2v) is 7.93. The first-order chi connectivity index (χ1) is 13.0. The maximum atomic E-state index is 12.8. The van der Waals surface area contributed by atoms with Crippen molar-refractivity contribution in [3.05, 3.63) is 34.9 Å². The van der Waals surface area contributed by atoms with Crippen molar-refractivity contribution in [3.8, 4) is 0 Å². The molecule has 1 spiro atoms. The molecule has 8 nitrogen and oxygen atoms in total. The molecular formula is C19H20N4O4. The predicted molar refractivity (Wildman–Crippen MR) is 93.7 cm³/mol. The summed E-state index contributed by atoms with van der Waals surface area (Å²) in [5.74, 6) is -1.89. The first-order valence-corrected chi connectivity index (χ1v) is 9.27. The zero-order valence-corrected chi connectivity index (χ0v) is 14.7. The van der Waals surface area contributed by atoms with E-state index in [9.17, 15) is 19.2 Å². The summed E-state index contributed by atoms with van der Waals surface area (Å²) in [6.07, 6.45) is 1.46.